The Kier molecular flexibility index (Phi) is 3.88. The van der Waals surface area contributed by atoms with Crippen LogP contribution in [0.5, 0.6) is 0 Å². The van der Waals surface area contributed by atoms with Gasteiger partial charge in [0.05, 0.1) is 0 Å². The number of hydrogen-bond donors (Lipinski definition) is 2. The third-order valence-electron chi connectivity index (χ3n) is 3.77. The number of anilines is 2. The largest absolute Gasteiger partial charge is 0.332 e. The van der Waals surface area contributed by atoms with Gasteiger partial charge in [-0.2, -0.15) is 0 Å². The second-order valence-electron chi connectivity index (χ2n) is 5.38. The fourth-order valence-corrected chi connectivity index (χ4v) is 2.90. The summed E-state index contributed by atoms with van der Waals surface area (Å²) in [7, 11) is 0. The van der Waals surface area contributed by atoms with Crippen LogP contribution >= 0.6 is 12.2 Å². The Balaban J connectivity index is 1.67. The summed E-state index contributed by atoms with van der Waals surface area (Å²) in [6.45, 7) is 1.73. The van der Waals surface area contributed by atoms with Crippen LogP contribution in [0.1, 0.15) is 23.1 Å². The van der Waals surface area contributed by atoms with Gasteiger partial charge in [0.15, 0.2) is 5.11 Å². The number of halogens is 1. The molecule has 4 heteroatoms. The van der Waals surface area contributed by atoms with Crippen molar-refractivity contribution in [3.8, 4) is 0 Å². The Morgan fingerprint density at radius 1 is 1.00 bits per heavy atom. The number of hydrogen-bond acceptors (Lipinski definition) is 1. The van der Waals surface area contributed by atoms with Crippen molar-refractivity contribution in [3.63, 3.8) is 0 Å². The first-order valence-electron chi connectivity index (χ1n) is 7.08. The van der Waals surface area contributed by atoms with Crippen molar-refractivity contribution in [2.45, 2.75) is 26.2 Å². The van der Waals surface area contributed by atoms with Gasteiger partial charge in [0.25, 0.3) is 0 Å². The first-order chi connectivity index (χ1) is 10.1. The molecule has 0 fully saturated rings. The summed E-state index contributed by atoms with van der Waals surface area (Å²) in [4.78, 5) is 0. The molecule has 21 heavy (non-hydrogen) atoms. The maximum absolute atomic E-state index is 13.2. The molecule has 0 amide bonds. The Labute approximate surface area is 129 Å². The van der Waals surface area contributed by atoms with Crippen LogP contribution in [0.3, 0.4) is 0 Å². The summed E-state index contributed by atoms with van der Waals surface area (Å²) >= 11 is 5.31. The summed E-state index contributed by atoms with van der Waals surface area (Å²) in [6.07, 6.45) is 3.55. The lowest BCUT2D eigenvalue weighted by molar-refractivity contribution is 0.619. The Morgan fingerprint density at radius 2 is 1.67 bits per heavy atom. The van der Waals surface area contributed by atoms with Gasteiger partial charge in [0.1, 0.15) is 5.82 Å². The molecular formula is C17H17FN2S. The van der Waals surface area contributed by atoms with E-state index in [1.807, 2.05) is 6.07 Å². The highest BCUT2D eigenvalue weighted by atomic mass is 32.1. The maximum Gasteiger partial charge on any atom is 0.175 e. The van der Waals surface area contributed by atoms with E-state index in [-0.39, 0.29) is 5.82 Å². The number of benzene rings is 2. The van der Waals surface area contributed by atoms with Crippen molar-refractivity contribution >= 4 is 28.7 Å². The zero-order valence-corrected chi connectivity index (χ0v) is 12.7. The second kappa shape index (κ2) is 5.82. The lowest BCUT2D eigenvalue weighted by Gasteiger charge is -2.12. The van der Waals surface area contributed by atoms with Crippen LogP contribution < -0.4 is 10.6 Å². The van der Waals surface area contributed by atoms with Gasteiger partial charge in [-0.3, -0.25) is 0 Å². The van der Waals surface area contributed by atoms with E-state index >= 15 is 0 Å². The van der Waals surface area contributed by atoms with Crippen LogP contribution in [0.2, 0.25) is 0 Å². The second-order valence-corrected chi connectivity index (χ2v) is 5.79. The van der Waals surface area contributed by atoms with Crippen molar-refractivity contribution in [1.82, 2.24) is 0 Å². The molecule has 0 aromatic heterocycles. The van der Waals surface area contributed by atoms with Crippen molar-refractivity contribution in [2.75, 3.05) is 10.6 Å². The SMILES string of the molecule is Cc1cc(NC(=S)Nc2ccc3c(c2)CCC3)ccc1F. The molecule has 2 aromatic carbocycles. The highest BCUT2D eigenvalue weighted by molar-refractivity contribution is 7.80. The monoisotopic (exact) mass is 300 g/mol. The molecule has 0 aliphatic heterocycles. The molecular weight excluding hydrogens is 283 g/mol. The summed E-state index contributed by atoms with van der Waals surface area (Å²) < 4.78 is 13.2. The van der Waals surface area contributed by atoms with E-state index in [1.54, 1.807) is 19.1 Å². The summed E-state index contributed by atoms with van der Waals surface area (Å²) in [6, 6.07) is 11.2. The first-order valence-corrected chi connectivity index (χ1v) is 7.48. The van der Waals surface area contributed by atoms with Crippen molar-refractivity contribution in [3.05, 3.63) is 58.9 Å². The lowest BCUT2D eigenvalue weighted by atomic mass is 10.1. The van der Waals surface area contributed by atoms with Gasteiger partial charge in [0.2, 0.25) is 0 Å². The first kappa shape index (κ1) is 14.0. The van der Waals surface area contributed by atoms with Crippen LogP contribution in [0.4, 0.5) is 15.8 Å². The van der Waals surface area contributed by atoms with Crippen LogP contribution in [0.15, 0.2) is 36.4 Å². The molecule has 0 atom stereocenters. The normalized spacial score (nSPS) is 12.9. The lowest BCUT2D eigenvalue weighted by Crippen LogP contribution is -2.19. The molecule has 0 bridgehead atoms. The minimum absolute atomic E-state index is 0.210. The Morgan fingerprint density at radius 3 is 2.43 bits per heavy atom. The number of fused-ring (bicyclic) bond motifs is 1. The van der Waals surface area contributed by atoms with E-state index in [4.69, 9.17) is 12.2 Å². The fraction of sp³-hybridized carbons (Fsp3) is 0.235. The topological polar surface area (TPSA) is 24.1 Å². The molecule has 1 aliphatic carbocycles. The van der Waals surface area contributed by atoms with Crippen LogP contribution in [0, 0.1) is 12.7 Å². The van der Waals surface area contributed by atoms with E-state index in [0.717, 1.165) is 17.8 Å². The third kappa shape index (κ3) is 3.22. The van der Waals surface area contributed by atoms with E-state index in [2.05, 4.69) is 22.8 Å². The van der Waals surface area contributed by atoms with E-state index in [0.29, 0.717) is 10.7 Å². The zero-order chi connectivity index (χ0) is 14.8. The van der Waals surface area contributed by atoms with Crippen LogP contribution in [-0.4, -0.2) is 5.11 Å². The van der Waals surface area contributed by atoms with Gasteiger partial charge in [-0.25, -0.2) is 4.39 Å². The predicted molar refractivity (Wildman–Crippen MR) is 89.4 cm³/mol. The molecule has 1 aliphatic rings. The van der Waals surface area contributed by atoms with Crippen molar-refractivity contribution < 1.29 is 4.39 Å². The van der Waals surface area contributed by atoms with Gasteiger partial charge in [0, 0.05) is 11.4 Å². The Bertz CT molecular complexity index is 697. The van der Waals surface area contributed by atoms with Crippen LogP contribution in [0.25, 0.3) is 0 Å². The molecule has 2 N–H and O–H groups in total. The quantitative estimate of drug-likeness (QED) is 0.802. The highest BCUT2D eigenvalue weighted by Crippen LogP contribution is 2.25. The number of nitrogens with one attached hydrogen (secondary N) is 2. The van der Waals surface area contributed by atoms with E-state index in [1.165, 1.54) is 30.0 Å². The average molecular weight is 300 g/mol. The van der Waals surface area contributed by atoms with Crippen LogP contribution in [-0.2, 0) is 12.8 Å². The molecule has 0 spiro atoms. The predicted octanol–water partition coefficient (Wildman–Crippen LogP) is 4.43. The van der Waals surface area contributed by atoms with Gasteiger partial charge in [-0.1, -0.05) is 6.07 Å². The van der Waals surface area contributed by atoms with E-state index < -0.39 is 0 Å². The van der Waals surface area contributed by atoms with Crippen molar-refractivity contribution in [1.29, 1.82) is 0 Å². The summed E-state index contributed by atoms with van der Waals surface area (Å²) in [5.74, 6) is -0.210. The molecule has 108 valence electrons. The molecule has 0 saturated carbocycles. The minimum atomic E-state index is -0.210. The Hall–Kier alpha value is -1.94. The number of thiocarbonyl (C=S) groups is 1. The number of aryl methyl sites for hydroxylation is 3. The highest BCUT2D eigenvalue weighted by Gasteiger charge is 2.11. The number of rotatable bonds is 2. The molecule has 3 rings (SSSR count). The van der Waals surface area contributed by atoms with E-state index in [9.17, 15) is 4.39 Å². The third-order valence-corrected chi connectivity index (χ3v) is 3.98. The summed E-state index contributed by atoms with van der Waals surface area (Å²) in [5, 5.41) is 6.77. The molecule has 2 aromatic rings. The molecule has 0 saturated heterocycles. The minimum Gasteiger partial charge on any atom is -0.332 e. The van der Waals surface area contributed by atoms with Gasteiger partial charge in [-0.05, 0) is 85.4 Å². The molecule has 2 nitrogen and oxygen atoms in total. The fourth-order valence-electron chi connectivity index (χ4n) is 2.67. The van der Waals surface area contributed by atoms with Crippen molar-refractivity contribution in [2.24, 2.45) is 0 Å². The molecule has 0 unspecified atom stereocenters. The maximum atomic E-state index is 13.2. The smallest absolute Gasteiger partial charge is 0.175 e. The standard InChI is InChI=1S/C17H17FN2S/c1-11-9-14(7-8-16(11)18)19-17(21)20-15-6-5-12-3-2-4-13(12)10-15/h5-10H,2-4H2,1H3,(H2,19,20,21). The van der Waals surface area contributed by atoms with Gasteiger partial charge >= 0.3 is 0 Å². The van der Waals surface area contributed by atoms with Gasteiger partial charge in [-0.15, -0.1) is 0 Å². The average Bonchev–Trinajstić information content (AvgIpc) is 2.90. The summed E-state index contributed by atoms with van der Waals surface area (Å²) in [5.41, 5.74) is 5.22. The zero-order valence-electron chi connectivity index (χ0n) is 11.9. The molecule has 0 radical (unpaired) electrons. The van der Waals surface area contributed by atoms with Gasteiger partial charge < -0.3 is 10.6 Å². The molecule has 0 heterocycles.